The molecule has 10 nitrogen and oxygen atoms in total. The Bertz CT molecular complexity index is 1430. The summed E-state index contributed by atoms with van der Waals surface area (Å²) >= 11 is 0. The van der Waals surface area contributed by atoms with Crippen molar-refractivity contribution >= 4 is 27.5 Å². The highest BCUT2D eigenvalue weighted by atomic mass is 32.2. The fraction of sp³-hybridized carbons (Fsp3) is 0.484. The van der Waals surface area contributed by atoms with Crippen molar-refractivity contribution in [3.05, 3.63) is 70.8 Å². The molecule has 3 heterocycles. The van der Waals surface area contributed by atoms with Crippen molar-refractivity contribution in [2.24, 2.45) is 0 Å². The van der Waals surface area contributed by atoms with Gasteiger partial charge in [-0.15, -0.1) is 0 Å². The molecule has 1 N–H and O–H groups in total. The third-order valence-corrected chi connectivity index (χ3v) is 10.0. The Morgan fingerprint density at radius 1 is 0.857 bits per heavy atom. The van der Waals surface area contributed by atoms with Crippen LogP contribution in [-0.4, -0.2) is 105 Å². The van der Waals surface area contributed by atoms with Crippen LogP contribution in [0.5, 0.6) is 0 Å². The van der Waals surface area contributed by atoms with E-state index in [0.29, 0.717) is 39.5 Å². The molecular weight excluding hydrogens is 558 g/mol. The maximum atomic E-state index is 13.5. The number of ether oxygens (including phenoxy) is 2. The largest absolute Gasteiger partial charge is 0.507 e. The number of hydrogen-bond donors (Lipinski definition) is 1. The van der Waals surface area contributed by atoms with Crippen LogP contribution in [0.1, 0.15) is 43.5 Å². The number of carbonyl (C=O) groups excluding carboxylic acids is 2. The molecular formula is C31H39N3O7S. The SMILES string of the molecule is CC(C)(C)c1ccc(C2/C(=C(\O)c3ccc(S(=O)(=O)N4CCOCC4)cc3)C(=O)C(=O)N2CCN2CCOCC2)cc1. The van der Waals surface area contributed by atoms with Gasteiger partial charge in [-0.3, -0.25) is 14.5 Å². The third-order valence-electron chi connectivity index (χ3n) is 8.13. The number of benzene rings is 2. The van der Waals surface area contributed by atoms with Gasteiger partial charge in [-0.25, -0.2) is 8.42 Å². The maximum absolute atomic E-state index is 13.5. The summed E-state index contributed by atoms with van der Waals surface area (Å²) in [4.78, 5) is 30.7. The van der Waals surface area contributed by atoms with E-state index in [1.165, 1.54) is 33.5 Å². The van der Waals surface area contributed by atoms with Crippen molar-refractivity contribution in [3.8, 4) is 0 Å². The molecule has 3 fully saturated rings. The number of hydrogen-bond acceptors (Lipinski definition) is 8. The molecule has 2 aromatic rings. The number of amides is 1. The van der Waals surface area contributed by atoms with Gasteiger partial charge >= 0.3 is 0 Å². The van der Waals surface area contributed by atoms with E-state index in [0.717, 1.165) is 24.2 Å². The first-order valence-electron chi connectivity index (χ1n) is 14.4. The van der Waals surface area contributed by atoms with Crippen LogP contribution in [0, 0.1) is 0 Å². The number of ketones is 1. The summed E-state index contributed by atoms with van der Waals surface area (Å²) in [6, 6.07) is 12.8. The summed E-state index contributed by atoms with van der Waals surface area (Å²) in [6.45, 7) is 11.1. The Balaban J connectivity index is 1.50. The molecule has 5 rings (SSSR count). The van der Waals surface area contributed by atoms with Gasteiger partial charge < -0.3 is 19.5 Å². The minimum Gasteiger partial charge on any atom is -0.507 e. The molecule has 3 aliphatic heterocycles. The van der Waals surface area contributed by atoms with E-state index < -0.39 is 27.8 Å². The lowest BCUT2D eigenvalue weighted by Gasteiger charge is -2.31. The zero-order valence-electron chi connectivity index (χ0n) is 24.4. The first kappa shape index (κ1) is 30.4. The second kappa shape index (κ2) is 12.3. The number of sulfonamides is 1. The molecule has 226 valence electrons. The van der Waals surface area contributed by atoms with Crippen molar-refractivity contribution in [3.63, 3.8) is 0 Å². The number of likely N-dealkylation sites (tertiary alicyclic amines) is 1. The van der Waals surface area contributed by atoms with Crippen LogP contribution in [-0.2, 0) is 34.5 Å². The Hall–Kier alpha value is -3.09. The van der Waals surface area contributed by atoms with Gasteiger partial charge in [-0.2, -0.15) is 4.31 Å². The van der Waals surface area contributed by atoms with Crippen LogP contribution in [0.4, 0.5) is 0 Å². The van der Waals surface area contributed by atoms with Crippen LogP contribution in [0.3, 0.4) is 0 Å². The summed E-state index contributed by atoms with van der Waals surface area (Å²) in [6.07, 6.45) is 0. The molecule has 1 amide bonds. The molecule has 3 aliphatic rings. The van der Waals surface area contributed by atoms with Gasteiger partial charge in [0, 0.05) is 44.8 Å². The van der Waals surface area contributed by atoms with E-state index in [2.05, 4.69) is 25.7 Å². The van der Waals surface area contributed by atoms with E-state index in [9.17, 15) is 23.1 Å². The van der Waals surface area contributed by atoms with Gasteiger partial charge in [0.05, 0.1) is 42.9 Å². The fourth-order valence-corrected chi connectivity index (χ4v) is 6.98. The van der Waals surface area contributed by atoms with Crippen molar-refractivity contribution in [2.75, 3.05) is 65.7 Å². The van der Waals surface area contributed by atoms with Crippen LogP contribution in [0.15, 0.2) is 59.0 Å². The van der Waals surface area contributed by atoms with Gasteiger partial charge in [0.15, 0.2) is 0 Å². The van der Waals surface area contributed by atoms with Crippen LogP contribution < -0.4 is 0 Å². The number of aliphatic hydroxyl groups excluding tert-OH is 1. The van der Waals surface area contributed by atoms with E-state index in [1.54, 1.807) is 0 Å². The molecule has 0 spiro atoms. The van der Waals surface area contributed by atoms with Crippen molar-refractivity contribution in [2.45, 2.75) is 37.1 Å². The molecule has 1 unspecified atom stereocenters. The molecule has 0 saturated carbocycles. The average Bonchev–Trinajstić information content (AvgIpc) is 3.25. The lowest BCUT2D eigenvalue weighted by molar-refractivity contribution is -0.140. The number of nitrogens with zero attached hydrogens (tertiary/aromatic N) is 3. The minimum atomic E-state index is -3.73. The molecule has 0 bridgehead atoms. The molecule has 1 atom stereocenters. The first-order chi connectivity index (χ1) is 20.0. The summed E-state index contributed by atoms with van der Waals surface area (Å²) in [5.41, 5.74) is 2.00. The van der Waals surface area contributed by atoms with Gasteiger partial charge in [0.25, 0.3) is 11.7 Å². The van der Waals surface area contributed by atoms with E-state index in [-0.39, 0.29) is 40.3 Å². The molecule has 0 radical (unpaired) electrons. The van der Waals surface area contributed by atoms with Gasteiger partial charge in [0.1, 0.15) is 5.76 Å². The monoisotopic (exact) mass is 597 g/mol. The average molecular weight is 598 g/mol. The van der Waals surface area contributed by atoms with E-state index >= 15 is 0 Å². The smallest absolute Gasteiger partial charge is 0.295 e. The highest BCUT2D eigenvalue weighted by Crippen LogP contribution is 2.40. The second-order valence-electron chi connectivity index (χ2n) is 11.9. The minimum absolute atomic E-state index is 0.00530. The molecule has 0 aromatic heterocycles. The number of morpholine rings is 2. The highest BCUT2D eigenvalue weighted by molar-refractivity contribution is 7.89. The topological polar surface area (TPSA) is 117 Å². The number of carbonyl (C=O) groups is 2. The second-order valence-corrected chi connectivity index (χ2v) is 13.8. The number of Topliss-reactive ketones (excluding diaryl/α,β-unsaturated/α-hetero) is 1. The summed E-state index contributed by atoms with van der Waals surface area (Å²) < 4.78 is 38.2. The fourth-order valence-electron chi connectivity index (χ4n) is 5.57. The van der Waals surface area contributed by atoms with Crippen molar-refractivity contribution < 1.29 is 32.6 Å². The quantitative estimate of drug-likeness (QED) is 0.294. The zero-order chi connectivity index (χ0) is 30.1. The number of aliphatic hydroxyl groups is 1. The molecule has 11 heteroatoms. The van der Waals surface area contributed by atoms with Crippen molar-refractivity contribution in [1.82, 2.24) is 14.1 Å². The van der Waals surface area contributed by atoms with Crippen LogP contribution >= 0.6 is 0 Å². The van der Waals surface area contributed by atoms with Gasteiger partial charge in [-0.05, 0) is 40.8 Å². The van der Waals surface area contributed by atoms with E-state index in [4.69, 9.17) is 9.47 Å². The summed E-state index contributed by atoms with van der Waals surface area (Å²) in [7, 11) is -3.73. The Labute approximate surface area is 247 Å². The predicted molar refractivity (Wildman–Crippen MR) is 157 cm³/mol. The van der Waals surface area contributed by atoms with Crippen LogP contribution in [0.2, 0.25) is 0 Å². The van der Waals surface area contributed by atoms with Gasteiger partial charge in [-0.1, -0.05) is 45.0 Å². The van der Waals surface area contributed by atoms with Crippen LogP contribution in [0.25, 0.3) is 5.76 Å². The Morgan fingerprint density at radius 3 is 2.00 bits per heavy atom. The summed E-state index contributed by atoms with van der Waals surface area (Å²) in [5.74, 6) is -1.76. The molecule has 42 heavy (non-hydrogen) atoms. The Kier molecular flexibility index (Phi) is 8.86. The molecule has 3 saturated heterocycles. The van der Waals surface area contributed by atoms with Gasteiger partial charge in [0.2, 0.25) is 10.0 Å². The maximum Gasteiger partial charge on any atom is 0.295 e. The highest BCUT2D eigenvalue weighted by Gasteiger charge is 2.46. The zero-order valence-corrected chi connectivity index (χ0v) is 25.2. The van der Waals surface area contributed by atoms with Crippen molar-refractivity contribution in [1.29, 1.82) is 0 Å². The lowest BCUT2D eigenvalue weighted by atomic mass is 9.85. The summed E-state index contributed by atoms with van der Waals surface area (Å²) in [5, 5.41) is 11.5. The molecule has 0 aliphatic carbocycles. The normalized spacial score (nSPS) is 22.5. The molecule has 2 aromatic carbocycles. The lowest BCUT2D eigenvalue weighted by Crippen LogP contribution is -2.42. The standard InChI is InChI=1S/C31H39N3O7S/c1-31(2,3)24-8-4-22(5-9-24)27-26(29(36)30(37)34(27)13-12-32-14-18-40-19-15-32)28(35)23-6-10-25(11-7-23)42(38,39)33-16-20-41-21-17-33/h4-11,27,35H,12-21H2,1-3H3/b28-26+. The number of rotatable bonds is 7. The van der Waals surface area contributed by atoms with E-state index in [1.807, 2.05) is 24.3 Å². The predicted octanol–water partition coefficient (Wildman–Crippen LogP) is 2.76. The first-order valence-corrected chi connectivity index (χ1v) is 15.8. The Morgan fingerprint density at radius 2 is 1.43 bits per heavy atom. The third kappa shape index (κ3) is 6.16.